The van der Waals surface area contributed by atoms with Gasteiger partial charge in [0.25, 0.3) is 0 Å². The molecule has 1 atom stereocenters. The first-order valence-electron chi connectivity index (χ1n) is 7.22. The first-order chi connectivity index (χ1) is 10.1. The van der Waals surface area contributed by atoms with Crippen LogP contribution in [0.4, 0.5) is 5.69 Å². The maximum Gasteiger partial charge on any atom is 0.334 e. The normalized spacial score (nSPS) is 13.4. The number of hydrogen-bond donors (Lipinski definition) is 2. The zero-order valence-corrected chi connectivity index (χ0v) is 12.5. The number of aryl methyl sites for hydroxylation is 1. The largest absolute Gasteiger partial charge is 0.479 e. The third kappa shape index (κ3) is 3.24. The maximum absolute atomic E-state index is 12.0. The van der Waals surface area contributed by atoms with E-state index in [1.54, 1.807) is 0 Å². The number of carboxylic acids is 1. The van der Waals surface area contributed by atoms with Crippen LogP contribution >= 0.6 is 0 Å². The number of nitrogens with one attached hydrogen (secondary N) is 1. The SMILES string of the molecule is CCCC(Nc1ccc(C)cc1)(C(=O)O)c1ccccc1. The number of rotatable bonds is 6. The molecule has 2 rings (SSSR count). The Hall–Kier alpha value is -2.29. The molecular weight excluding hydrogens is 262 g/mol. The number of carboxylic acid groups (broad SMARTS) is 1. The van der Waals surface area contributed by atoms with Crippen LogP contribution in [0, 0.1) is 6.92 Å². The second-order valence-electron chi connectivity index (χ2n) is 5.32. The molecule has 2 aromatic carbocycles. The zero-order valence-electron chi connectivity index (χ0n) is 12.5. The molecule has 0 amide bonds. The van der Waals surface area contributed by atoms with Crippen LogP contribution in [0.3, 0.4) is 0 Å². The maximum atomic E-state index is 12.0. The Morgan fingerprint density at radius 3 is 2.24 bits per heavy atom. The van der Waals surface area contributed by atoms with Gasteiger partial charge in [0.2, 0.25) is 0 Å². The van der Waals surface area contributed by atoms with Crippen molar-refractivity contribution >= 4 is 11.7 Å². The first kappa shape index (κ1) is 15.1. The molecule has 2 N–H and O–H groups in total. The Labute approximate surface area is 125 Å². The Bertz CT molecular complexity index is 592. The summed E-state index contributed by atoms with van der Waals surface area (Å²) in [7, 11) is 0. The fourth-order valence-electron chi connectivity index (χ4n) is 2.54. The molecule has 3 heteroatoms. The van der Waals surface area contributed by atoms with E-state index in [1.165, 1.54) is 0 Å². The monoisotopic (exact) mass is 283 g/mol. The molecule has 21 heavy (non-hydrogen) atoms. The van der Waals surface area contributed by atoms with E-state index in [0.717, 1.165) is 23.2 Å². The van der Waals surface area contributed by atoms with Gasteiger partial charge in [-0.2, -0.15) is 0 Å². The van der Waals surface area contributed by atoms with Crippen molar-refractivity contribution in [2.24, 2.45) is 0 Å². The summed E-state index contributed by atoms with van der Waals surface area (Å²) in [4.78, 5) is 12.0. The number of aliphatic carboxylic acids is 1. The van der Waals surface area contributed by atoms with E-state index in [0.29, 0.717) is 6.42 Å². The number of hydrogen-bond acceptors (Lipinski definition) is 2. The minimum atomic E-state index is -1.09. The van der Waals surface area contributed by atoms with Crippen molar-refractivity contribution in [3.05, 3.63) is 65.7 Å². The Morgan fingerprint density at radius 2 is 1.71 bits per heavy atom. The lowest BCUT2D eigenvalue weighted by Crippen LogP contribution is -2.43. The van der Waals surface area contributed by atoms with Crippen LogP contribution in [0.1, 0.15) is 30.9 Å². The molecule has 0 bridgehead atoms. The van der Waals surface area contributed by atoms with E-state index in [4.69, 9.17) is 0 Å². The highest BCUT2D eigenvalue weighted by Gasteiger charge is 2.39. The molecule has 0 fully saturated rings. The van der Waals surface area contributed by atoms with Gasteiger partial charge in [0.1, 0.15) is 0 Å². The lowest BCUT2D eigenvalue weighted by atomic mass is 9.85. The van der Waals surface area contributed by atoms with Gasteiger partial charge in [0.05, 0.1) is 0 Å². The smallest absolute Gasteiger partial charge is 0.334 e. The van der Waals surface area contributed by atoms with Crippen LogP contribution in [0.5, 0.6) is 0 Å². The van der Waals surface area contributed by atoms with E-state index in [-0.39, 0.29) is 0 Å². The molecule has 0 aromatic heterocycles. The number of anilines is 1. The number of benzene rings is 2. The van der Waals surface area contributed by atoms with Crippen molar-refractivity contribution in [2.45, 2.75) is 32.2 Å². The summed E-state index contributed by atoms with van der Waals surface area (Å²) >= 11 is 0. The Morgan fingerprint density at radius 1 is 1.10 bits per heavy atom. The van der Waals surface area contributed by atoms with Crippen molar-refractivity contribution in [1.82, 2.24) is 0 Å². The van der Waals surface area contributed by atoms with Crippen molar-refractivity contribution in [1.29, 1.82) is 0 Å². The Kier molecular flexibility index (Phi) is 4.63. The molecule has 110 valence electrons. The average Bonchev–Trinajstić information content (AvgIpc) is 2.49. The molecule has 0 heterocycles. The molecule has 3 nitrogen and oxygen atoms in total. The molecule has 0 spiro atoms. The van der Waals surface area contributed by atoms with Gasteiger partial charge in [-0.15, -0.1) is 0 Å². The molecule has 0 aliphatic carbocycles. The molecule has 0 aliphatic heterocycles. The predicted molar refractivity (Wildman–Crippen MR) is 85.5 cm³/mol. The second-order valence-corrected chi connectivity index (χ2v) is 5.32. The summed E-state index contributed by atoms with van der Waals surface area (Å²) in [6, 6.07) is 17.2. The van der Waals surface area contributed by atoms with E-state index in [2.05, 4.69) is 5.32 Å². The molecule has 0 radical (unpaired) electrons. The van der Waals surface area contributed by atoms with E-state index >= 15 is 0 Å². The van der Waals surface area contributed by atoms with Gasteiger partial charge in [-0.3, -0.25) is 0 Å². The quantitative estimate of drug-likeness (QED) is 0.835. The van der Waals surface area contributed by atoms with Crippen LogP contribution in [-0.2, 0) is 10.3 Å². The van der Waals surface area contributed by atoms with Gasteiger partial charge in [0, 0.05) is 5.69 Å². The van der Waals surface area contributed by atoms with E-state index in [1.807, 2.05) is 68.4 Å². The standard InChI is InChI=1S/C18H21NO2/c1-3-13-18(17(20)21,15-7-5-4-6-8-15)19-16-11-9-14(2)10-12-16/h4-12,19H,3,13H2,1-2H3,(H,20,21). The van der Waals surface area contributed by atoms with E-state index < -0.39 is 11.5 Å². The summed E-state index contributed by atoms with van der Waals surface area (Å²) in [6.45, 7) is 4.01. The molecule has 1 unspecified atom stereocenters. The topological polar surface area (TPSA) is 49.3 Å². The molecule has 2 aromatic rings. The van der Waals surface area contributed by atoms with Crippen molar-refractivity contribution in [3.8, 4) is 0 Å². The summed E-state index contributed by atoms with van der Waals surface area (Å²) < 4.78 is 0. The van der Waals surface area contributed by atoms with Gasteiger partial charge in [-0.25, -0.2) is 4.79 Å². The Balaban J connectivity index is 2.44. The summed E-state index contributed by atoms with van der Waals surface area (Å²) in [5.41, 5.74) is 1.66. The van der Waals surface area contributed by atoms with E-state index in [9.17, 15) is 9.90 Å². The van der Waals surface area contributed by atoms with Crippen molar-refractivity contribution < 1.29 is 9.90 Å². The third-order valence-electron chi connectivity index (χ3n) is 3.67. The van der Waals surface area contributed by atoms with Crippen molar-refractivity contribution in [2.75, 3.05) is 5.32 Å². The summed E-state index contributed by atoms with van der Waals surface area (Å²) in [6.07, 6.45) is 1.31. The molecular formula is C18H21NO2. The van der Waals surface area contributed by atoms with Crippen LogP contribution in [0.25, 0.3) is 0 Å². The number of carbonyl (C=O) groups is 1. The highest BCUT2D eigenvalue weighted by Crippen LogP contribution is 2.31. The fourth-order valence-corrected chi connectivity index (χ4v) is 2.54. The summed E-state index contributed by atoms with van der Waals surface area (Å²) in [5.74, 6) is -0.851. The van der Waals surface area contributed by atoms with Crippen LogP contribution in [0.15, 0.2) is 54.6 Å². The van der Waals surface area contributed by atoms with Gasteiger partial charge >= 0.3 is 5.97 Å². The predicted octanol–water partition coefficient (Wildman–Crippen LogP) is 4.19. The van der Waals surface area contributed by atoms with Crippen LogP contribution < -0.4 is 5.32 Å². The highest BCUT2D eigenvalue weighted by molar-refractivity contribution is 5.84. The molecule has 0 saturated heterocycles. The second kappa shape index (κ2) is 6.44. The highest BCUT2D eigenvalue weighted by atomic mass is 16.4. The van der Waals surface area contributed by atoms with Crippen molar-refractivity contribution in [3.63, 3.8) is 0 Å². The minimum absolute atomic E-state index is 0.528. The lowest BCUT2D eigenvalue weighted by Gasteiger charge is -2.32. The van der Waals surface area contributed by atoms with Gasteiger partial charge in [0.15, 0.2) is 5.54 Å². The minimum Gasteiger partial charge on any atom is -0.479 e. The zero-order chi connectivity index (χ0) is 15.3. The lowest BCUT2D eigenvalue weighted by molar-refractivity contribution is -0.143. The van der Waals surface area contributed by atoms with Gasteiger partial charge < -0.3 is 10.4 Å². The first-order valence-corrected chi connectivity index (χ1v) is 7.22. The van der Waals surface area contributed by atoms with Crippen LogP contribution in [-0.4, -0.2) is 11.1 Å². The van der Waals surface area contributed by atoms with Crippen LogP contribution in [0.2, 0.25) is 0 Å². The molecule has 0 saturated carbocycles. The van der Waals surface area contributed by atoms with Gasteiger partial charge in [-0.05, 0) is 31.0 Å². The average molecular weight is 283 g/mol. The third-order valence-corrected chi connectivity index (χ3v) is 3.67. The molecule has 0 aliphatic rings. The summed E-state index contributed by atoms with van der Waals surface area (Å²) in [5, 5.41) is 13.1. The fraction of sp³-hybridized carbons (Fsp3) is 0.278. The van der Waals surface area contributed by atoms with Gasteiger partial charge in [-0.1, -0.05) is 61.4 Å².